The number of thiazole rings is 1. The lowest BCUT2D eigenvalue weighted by molar-refractivity contribution is -0.698. The van der Waals surface area contributed by atoms with Crippen molar-refractivity contribution in [3.8, 4) is 0 Å². The van der Waals surface area contributed by atoms with Crippen LogP contribution in [0.3, 0.4) is 0 Å². The van der Waals surface area contributed by atoms with Crippen LogP contribution in [0.15, 0.2) is 57.3 Å². The molecule has 5 heteroatoms. The number of aromatic nitrogens is 1. The fraction of sp³-hybridized carbons (Fsp3) is 0.346. The van der Waals surface area contributed by atoms with Crippen LogP contribution < -0.4 is 9.47 Å². The predicted octanol–water partition coefficient (Wildman–Crippen LogP) is 7.37. The Hall–Kier alpha value is -1.69. The summed E-state index contributed by atoms with van der Waals surface area (Å²) in [4.78, 5) is 5.25. The third-order valence-electron chi connectivity index (χ3n) is 6.20. The molecule has 0 amide bonds. The van der Waals surface area contributed by atoms with E-state index >= 15 is 0 Å². The molecular formula is C26H29N2S3+. The molecule has 0 N–H and O–H groups in total. The highest BCUT2D eigenvalue weighted by atomic mass is 32.2. The number of fused-ring (bicyclic) bond motifs is 4. The molecule has 3 heterocycles. The van der Waals surface area contributed by atoms with E-state index < -0.39 is 0 Å². The van der Waals surface area contributed by atoms with Crippen LogP contribution in [-0.2, 0) is 6.54 Å². The average Bonchev–Trinajstić information content (AvgIpc) is 3.46. The Morgan fingerprint density at radius 3 is 2.84 bits per heavy atom. The van der Waals surface area contributed by atoms with Gasteiger partial charge >= 0.3 is 0 Å². The van der Waals surface area contributed by atoms with Crippen molar-refractivity contribution in [2.75, 3.05) is 11.4 Å². The molecule has 1 aromatic heterocycles. The van der Waals surface area contributed by atoms with Gasteiger partial charge in [0.2, 0.25) is 5.69 Å². The monoisotopic (exact) mass is 465 g/mol. The molecule has 160 valence electrons. The summed E-state index contributed by atoms with van der Waals surface area (Å²) >= 11 is 5.79. The Morgan fingerprint density at radius 2 is 2.06 bits per heavy atom. The number of nitrogens with zero attached hydrogens (tertiary/aromatic N) is 2. The smallest absolute Gasteiger partial charge is 0.262 e. The minimum Gasteiger partial charge on any atom is -0.335 e. The van der Waals surface area contributed by atoms with Crippen LogP contribution in [-0.4, -0.2) is 11.8 Å². The molecule has 2 unspecified atom stereocenters. The van der Waals surface area contributed by atoms with Gasteiger partial charge in [-0.15, -0.1) is 11.8 Å². The Kier molecular flexibility index (Phi) is 5.93. The van der Waals surface area contributed by atoms with Crippen LogP contribution >= 0.6 is 34.9 Å². The molecule has 1 aromatic carbocycles. The third-order valence-corrected chi connectivity index (χ3v) is 9.50. The highest BCUT2D eigenvalue weighted by Gasteiger charge is 2.38. The Balaban J connectivity index is 1.52. The molecule has 3 aliphatic rings. The number of hydrogen-bond donors (Lipinski definition) is 0. The highest BCUT2D eigenvalue weighted by Crippen LogP contribution is 2.47. The van der Waals surface area contributed by atoms with Crippen molar-refractivity contribution in [2.24, 2.45) is 0 Å². The van der Waals surface area contributed by atoms with Crippen molar-refractivity contribution in [3.63, 3.8) is 0 Å². The molecule has 5 rings (SSSR count). The topological polar surface area (TPSA) is 7.12 Å². The predicted molar refractivity (Wildman–Crippen MR) is 139 cm³/mol. The van der Waals surface area contributed by atoms with E-state index in [9.17, 15) is 0 Å². The summed E-state index contributed by atoms with van der Waals surface area (Å²) in [6, 6.07) is 6.80. The van der Waals surface area contributed by atoms with E-state index in [1.165, 1.54) is 42.3 Å². The molecule has 0 saturated heterocycles. The fourth-order valence-electron chi connectivity index (χ4n) is 4.59. The molecule has 2 atom stereocenters. The standard InChI is InChI=1S/C26H29N2S3/c1-5-18(15-24-27(6-2)20-14-17(4)8-9-22(20)30-24)16-25-28(7-3)26-19-12-13-29-21(19)10-11-23(26)31-25/h8-16,19,21H,5-7H2,1-4H3/q+1. The van der Waals surface area contributed by atoms with Gasteiger partial charge in [-0.2, -0.15) is 4.57 Å². The molecule has 0 saturated carbocycles. The molecule has 2 nitrogen and oxygen atoms in total. The SMILES string of the molecule is CCC(/C=C1\Sc2ccc(C)cc2N1CC)=C\c1sc2c([n+]1CC)C1C=CSC1C=C2. The molecule has 0 fully saturated rings. The lowest BCUT2D eigenvalue weighted by atomic mass is 9.95. The van der Waals surface area contributed by atoms with Crippen LogP contribution in [0, 0.1) is 6.92 Å². The summed E-state index contributed by atoms with van der Waals surface area (Å²) in [7, 11) is 0. The van der Waals surface area contributed by atoms with Gasteiger partial charge in [-0.05, 0) is 68.0 Å². The maximum Gasteiger partial charge on any atom is 0.262 e. The number of hydrogen-bond acceptors (Lipinski definition) is 4. The van der Waals surface area contributed by atoms with E-state index in [4.69, 9.17) is 0 Å². The van der Waals surface area contributed by atoms with E-state index in [0.29, 0.717) is 11.2 Å². The van der Waals surface area contributed by atoms with Gasteiger partial charge in [0.25, 0.3) is 5.01 Å². The molecule has 31 heavy (non-hydrogen) atoms. The summed E-state index contributed by atoms with van der Waals surface area (Å²) in [6.07, 6.45) is 13.0. The molecule has 1 aliphatic carbocycles. The van der Waals surface area contributed by atoms with Gasteiger partial charge in [-0.1, -0.05) is 48.2 Å². The summed E-state index contributed by atoms with van der Waals surface area (Å²) in [6.45, 7) is 11.0. The second-order valence-corrected chi connectivity index (χ2v) is 11.3. The van der Waals surface area contributed by atoms with Crippen molar-refractivity contribution in [3.05, 3.63) is 73.6 Å². The summed E-state index contributed by atoms with van der Waals surface area (Å²) in [5, 5.41) is 5.56. The first-order valence-electron chi connectivity index (χ1n) is 11.2. The fourth-order valence-corrected chi connectivity index (χ4v) is 8.04. The Labute approximate surface area is 198 Å². The van der Waals surface area contributed by atoms with E-state index in [-0.39, 0.29) is 0 Å². The third kappa shape index (κ3) is 3.75. The molecular weight excluding hydrogens is 437 g/mol. The van der Waals surface area contributed by atoms with Crippen LogP contribution in [0.25, 0.3) is 12.2 Å². The number of benzene rings is 1. The second kappa shape index (κ2) is 8.68. The van der Waals surface area contributed by atoms with Crippen molar-refractivity contribution >= 4 is 52.7 Å². The quantitative estimate of drug-likeness (QED) is 0.426. The first kappa shape index (κ1) is 21.2. The van der Waals surface area contributed by atoms with E-state index in [0.717, 1.165) is 19.5 Å². The minimum atomic E-state index is 0.519. The van der Waals surface area contributed by atoms with Gasteiger partial charge in [0.1, 0.15) is 11.4 Å². The zero-order valence-corrected chi connectivity index (χ0v) is 21.0. The Bertz CT molecular complexity index is 1140. The zero-order chi connectivity index (χ0) is 21.5. The Morgan fingerprint density at radius 1 is 1.19 bits per heavy atom. The largest absolute Gasteiger partial charge is 0.335 e. The first-order valence-corrected chi connectivity index (χ1v) is 13.8. The van der Waals surface area contributed by atoms with Gasteiger partial charge in [0, 0.05) is 22.8 Å². The maximum atomic E-state index is 2.54. The molecule has 0 radical (unpaired) electrons. The van der Waals surface area contributed by atoms with Crippen LogP contribution in [0.1, 0.15) is 54.3 Å². The molecule has 0 spiro atoms. The second-order valence-electron chi connectivity index (χ2n) is 8.12. The summed E-state index contributed by atoms with van der Waals surface area (Å²) < 4.78 is 2.54. The zero-order valence-electron chi connectivity index (χ0n) is 18.6. The average molecular weight is 466 g/mol. The van der Waals surface area contributed by atoms with E-state index in [1.807, 2.05) is 34.9 Å². The van der Waals surface area contributed by atoms with Gasteiger partial charge in [0.15, 0.2) is 0 Å². The summed E-state index contributed by atoms with van der Waals surface area (Å²) in [5.74, 6) is 0.519. The van der Waals surface area contributed by atoms with Crippen molar-refractivity contribution in [1.82, 2.24) is 0 Å². The van der Waals surface area contributed by atoms with Gasteiger partial charge in [0.05, 0.1) is 16.6 Å². The van der Waals surface area contributed by atoms with Crippen molar-refractivity contribution < 1.29 is 4.57 Å². The minimum absolute atomic E-state index is 0.519. The highest BCUT2D eigenvalue weighted by molar-refractivity contribution is 8.03. The number of rotatable bonds is 5. The maximum absolute atomic E-state index is 2.54. The van der Waals surface area contributed by atoms with E-state index in [1.54, 1.807) is 0 Å². The van der Waals surface area contributed by atoms with Crippen LogP contribution in [0.2, 0.25) is 0 Å². The van der Waals surface area contributed by atoms with Gasteiger partial charge in [-0.3, -0.25) is 0 Å². The molecule has 2 aromatic rings. The summed E-state index contributed by atoms with van der Waals surface area (Å²) in [5.41, 5.74) is 5.57. The number of thioether (sulfide) groups is 2. The van der Waals surface area contributed by atoms with Gasteiger partial charge in [-0.25, -0.2) is 0 Å². The lowest BCUT2D eigenvalue weighted by Gasteiger charge is -2.18. The van der Waals surface area contributed by atoms with E-state index in [2.05, 4.69) is 91.1 Å². The number of aryl methyl sites for hydroxylation is 1. The van der Waals surface area contributed by atoms with Crippen LogP contribution in [0.5, 0.6) is 0 Å². The first-order chi connectivity index (χ1) is 15.1. The van der Waals surface area contributed by atoms with Crippen molar-refractivity contribution in [2.45, 2.75) is 56.7 Å². The molecule has 2 aliphatic heterocycles. The van der Waals surface area contributed by atoms with Crippen molar-refractivity contribution in [1.29, 1.82) is 0 Å². The lowest BCUT2D eigenvalue weighted by Crippen LogP contribution is -2.40. The van der Waals surface area contributed by atoms with Gasteiger partial charge < -0.3 is 4.90 Å². The normalized spacial score (nSPS) is 22.9. The molecule has 0 bridgehead atoms. The number of allylic oxidation sites excluding steroid dienone is 3. The number of anilines is 1. The van der Waals surface area contributed by atoms with Crippen LogP contribution in [0.4, 0.5) is 5.69 Å².